The van der Waals surface area contributed by atoms with Crippen molar-refractivity contribution in [3.05, 3.63) is 34.0 Å². The molecule has 3 heteroatoms. The van der Waals surface area contributed by atoms with Crippen LogP contribution in [0.15, 0.2) is 12.1 Å². The summed E-state index contributed by atoms with van der Waals surface area (Å²) in [6, 6.07) is 4.05. The van der Waals surface area contributed by atoms with Crippen LogP contribution in [0.5, 0.6) is 0 Å². The Labute approximate surface area is 93.9 Å². The van der Waals surface area contributed by atoms with Gasteiger partial charge in [0.25, 0.3) is 0 Å². The number of aryl methyl sites for hydroxylation is 2. The highest BCUT2D eigenvalue weighted by Crippen LogP contribution is 2.33. The summed E-state index contributed by atoms with van der Waals surface area (Å²) < 4.78 is 0. The summed E-state index contributed by atoms with van der Waals surface area (Å²) in [5.41, 5.74) is 4.21. The number of aliphatic hydroxyl groups is 1. The van der Waals surface area contributed by atoms with Crippen LogP contribution in [0.2, 0.25) is 5.15 Å². The molecule has 0 aliphatic carbocycles. The van der Waals surface area contributed by atoms with Crippen LogP contribution < -0.4 is 0 Å². The highest BCUT2D eigenvalue weighted by molar-refractivity contribution is 6.31. The highest BCUT2D eigenvalue weighted by Gasteiger charge is 2.15. The number of halogens is 1. The molecule has 1 heterocycles. The molecule has 1 aromatic carbocycles. The first-order chi connectivity index (χ1) is 7.02. The van der Waals surface area contributed by atoms with Crippen molar-refractivity contribution in [2.45, 2.75) is 26.9 Å². The average molecular weight is 224 g/mol. The quantitative estimate of drug-likeness (QED) is 0.763. The molecule has 0 aliphatic rings. The fourth-order valence-electron chi connectivity index (χ4n) is 1.91. The number of fused-ring (bicyclic) bond motifs is 1. The van der Waals surface area contributed by atoms with E-state index in [1.165, 1.54) is 11.1 Å². The van der Waals surface area contributed by atoms with Gasteiger partial charge in [0, 0.05) is 10.9 Å². The third-order valence-corrected chi connectivity index (χ3v) is 3.21. The minimum atomic E-state index is -0.548. The molecule has 0 saturated heterocycles. The Balaban J connectivity index is 2.85. The molecule has 15 heavy (non-hydrogen) atoms. The number of benzene rings is 1. The Bertz CT molecular complexity index is 514. The van der Waals surface area contributed by atoms with Gasteiger partial charge in [0.2, 0.25) is 0 Å². The molecule has 0 bridgehead atoms. The molecule has 0 amide bonds. The first-order valence-electron chi connectivity index (χ1n) is 4.97. The van der Waals surface area contributed by atoms with Crippen molar-refractivity contribution in [1.82, 2.24) is 4.98 Å². The number of aliphatic hydroxyl groups excluding tert-OH is 1. The largest absolute Gasteiger partial charge is 0.389 e. The van der Waals surface area contributed by atoms with E-state index in [1.807, 2.05) is 12.1 Å². The van der Waals surface area contributed by atoms with Gasteiger partial charge in [0.05, 0.1) is 11.6 Å². The number of hydrogen-bond donors (Lipinski definition) is 2. The van der Waals surface area contributed by atoms with E-state index in [4.69, 9.17) is 11.6 Å². The lowest BCUT2D eigenvalue weighted by Crippen LogP contribution is -1.90. The van der Waals surface area contributed by atoms with Crippen molar-refractivity contribution in [3.8, 4) is 0 Å². The van der Waals surface area contributed by atoms with Crippen LogP contribution >= 0.6 is 11.6 Å². The molecule has 1 aromatic heterocycles. The topological polar surface area (TPSA) is 36.0 Å². The van der Waals surface area contributed by atoms with Gasteiger partial charge in [0.1, 0.15) is 5.15 Å². The predicted octanol–water partition coefficient (Wildman–Crippen LogP) is 3.49. The van der Waals surface area contributed by atoms with E-state index in [1.54, 1.807) is 6.92 Å². The maximum absolute atomic E-state index is 9.65. The van der Waals surface area contributed by atoms with Crippen LogP contribution in [0.4, 0.5) is 0 Å². The molecule has 80 valence electrons. The van der Waals surface area contributed by atoms with Gasteiger partial charge in [-0.1, -0.05) is 23.7 Å². The molecular formula is C12H14ClNO. The van der Waals surface area contributed by atoms with E-state index in [0.29, 0.717) is 5.15 Å². The first-order valence-corrected chi connectivity index (χ1v) is 5.35. The number of hydrogen-bond acceptors (Lipinski definition) is 1. The number of aromatic amines is 1. The van der Waals surface area contributed by atoms with Crippen molar-refractivity contribution >= 4 is 22.5 Å². The van der Waals surface area contributed by atoms with Crippen LogP contribution in [0.1, 0.15) is 29.7 Å². The lowest BCUT2D eigenvalue weighted by atomic mass is 10.0. The monoisotopic (exact) mass is 223 g/mol. The lowest BCUT2D eigenvalue weighted by molar-refractivity contribution is 0.201. The third-order valence-electron chi connectivity index (χ3n) is 2.92. The smallest absolute Gasteiger partial charge is 0.113 e. The molecule has 1 atom stereocenters. The van der Waals surface area contributed by atoms with E-state index in [9.17, 15) is 5.11 Å². The number of aromatic nitrogens is 1. The Kier molecular flexibility index (Phi) is 2.49. The highest BCUT2D eigenvalue weighted by atomic mass is 35.5. The SMILES string of the molecule is Cc1ccc2c(C(C)O)c(Cl)[nH]c2c1C. The van der Waals surface area contributed by atoms with Crippen LogP contribution in [0.3, 0.4) is 0 Å². The van der Waals surface area contributed by atoms with Gasteiger partial charge in [-0.15, -0.1) is 0 Å². The molecule has 2 rings (SSSR count). The summed E-state index contributed by atoms with van der Waals surface area (Å²) in [5.74, 6) is 0. The molecule has 0 radical (unpaired) electrons. The second kappa shape index (κ2) is 3.54. The fraction of sp³-hybridized carbons (Fsp3) is 0.333. The van der Waals surface area contributed by atoms with Crippen molar-refractivity contribution in [3.63, 3.8) is 0 Å². The zero-order valence-corrected chi connectivity index (χ0v) is 9.81. The number of nitrogens with one attached hydrogen (secondary N) is 1. The van der Waals surface area contributed by atoms with Gasteiger partial charge >= 0.3 is 0 Å². The van der Waals surface area contributed by atoms with Crippen LogP contribution in [0.25, 0.3) is 10.9 Å². The second-order valence-corrected chi connectivity index (χ2v) is 4.34. The van der Waals surface area contributed by atoms with E-state index in [-0.39, 0.29) is 0 Å². The molecule has 0 saturated carbocycles. The Morgan fingerprint density at radius 2 is 2.00 bits per heavy atom. The van der Waals surface area contributed by atoms with Gasteiger partial charge < -0.3 is 10.1 Å². The van der Waals surface area contributed by atoms with Crippen LogP contribution in [0, 0.1) is 13.8 Å². The van der Waals surface area contributed by atoms with Crippen molar-refractivity contribution in [2.75, 3.05) is 0 Å². The van der Waals surface area contributed by atoms with E-state index in [2.05, 4.69) is 18.8 Å². The standard InChI is InChI=1S/C12H14ClNO/c1-6-4-5-9-10(8(3)15)12(13)14-11(9)7(6)2/h4-5,8,14-15H,1-3H3. The van der Waals surface area contributed by atoms with E-state index < -0.39 is 6.10 Å². The maximum Gasteiger partial charge on any atom is 0.113 e. The van der Waals surface area contributed by atoms with Crippen molar-refractivity contribution in [1.29, 1.82) is 0 Å². The Hall–Kier alpha value is -0.990. The zero-order chi connectivity index (χ0) is 11.2. The summed E-state index contributed by atoms with van der Waals surface area (Å²) in [6.07, 6.45) is -0.548. The first kappa shape index (κ1) is 10.5. The second-order valence-electron chi connectivity index (χ2n) is 3.96. The fourth-order valence-corrected chi connectivity index (χ4v) is 2.26. The third kappa shape index (κ3) is 1.54. The molecule has 0 spiro atoms. The molecular weight excluding hydrogens is 210 g/mol. The summed E-state index contributed by atoms with van der Waals surface area (Å²) in [4.78, 5) is 3.12. The molecule has 0 aliphatic heterocycles. The minimum absolute atomic E-state index is 0.536. The average Bonchev–Trinajstić information content (AvgIpc) is 2.49. The Morgan fingerprint density at radius 3 is 2.60 bits per heavy atom. The summed E-state index contributed by atoms with van der Waals surface area (Å²) in [5, 5.41) is 11.2. The molecule has 2 N–H and O–H groups in total. The lowest BCUT2D eigenvalue weighted by Gasteiger charge is -2.04. The number of H-pyrrole nitrogens is 1. The molecule has 0 fully saturated rings. The normalized spacial score (nSPS) is 13.4. The predicted molar refractivity (Wildman–Crippen MR) is 63.4 cm³/mol. The number of rotatable bonds is 1. The molecule has 1 unspecified atom stereocenters. The van der Waals surface area contributed by atoms with E-state index in [0.717, 1.165) is 16.5 Å². The van der Waals surface area contributed by atoms with Gasteiger partial charge in [-0.3, -0.25) is 0 Å². The van der Waals surface area contributed by atoms with Gasteiger partial charge in [-0.2, -0.15) is 0 Å². The summed E-state index contributed by atoms with van der Waals surface area (Å²) in [6.45, 7) is 5.84. The van der Waals surface area contributed by atoms with E-state index >= 15 is 0 Å². The van der Waals surface area contributed by atoms with Crippen LogP contribution in [-0.2, 0) is 0 Å². The zero-order valence-electron chi connectivity index (χ0n) is 9.06. The Morgan fingerprint density at radius 1 is 1.33 bits per heavy atom. The maximum atomic E-state index is 9.65. The van der Waals surface area contributed by atoms with Crippen molar-refractivity contribution in [2.24, 2.45) is 0 Å². The van der Waals surface area contributed by atoms with Crippen molar-refractivity contribution < 1.29 is 5.11 Å². The summed E-state index contributed by atoms with van der Waals surface area (Å²) in [7, 11) is 0. The summed E-state index contributed by atoms with van der Waals surface area (Å²) >= 11 is 6.07. The van der Waals surface area contributed by atoms with Gasteiger partial charge in [0.15, 0.2) is 0 Å². The molecule has 2 nitrogen and oxygen atoms in total. The minimum Gasteiger partial charge on any atom is -0.389 e. The van der Waals surface area contributed by atoms with Gasteiger partial charge in [-0.25, -0.2) is 0 Å². The van der Waals surface area contributed by atoms with Gasteiger partial charge in [-0.05, 0) is 31.9 Å². The van der Waals surface area contributed by atoms with Crippen LogP contribution in [-0.4, -0.2) is 10.1 Å². The molecule has 2 aromatic rings.